The van der Waals surface area contributed by atoms with Crippen molar-refractivity contribution in [2.75, 3.05) is 6.61 Å². The monoisotopic (exact) mass is 405 g/mol. The number of ether oxygens (including phenoxy) is 1. The van der Waals surface area contributed by atoms with Crippen molar-refractivity contribution in [1.82, 2.24) is 14.8 Å². The molecule has 2 N–H and O–H groups in total. The van der Waals surface area contributed by atoms with Crippen LogP contribution in [0.3, 0.4) is 0 Å². The van der Waals surface area contributed by atoms with Gasteiger partial charge in [0.1, 0.15) is 11.6 Å². The molecule has 3 heterocycles. The summed E-state index contributed by atoms with van der Waals surface area (Å²) >= 11 is 0. The summed E-state index contributed by atoms with van der Waals surface area (Å²) in [5.74, 6) is -2.38. The zero-order valence-electron chi connectivity index (χ0n) is 15.8. The normalized spacial score (nSPS) is 21.1. The van der Waals surface area contributed by atoms with Gasteiger partial charge in [0.15, 0.2) is 17.7 Å². The molecule has 0 saturated carbocycles. The van der Waals surface area contributed by atoms with Gasteiger partial charge in [-0.25, -0.2) is 8.78 Å². The summed E-state index contributed by atoms with van der Waals surface area (Å²) in [4.78, 5) is 27.0. The van der Waals surface area contributed by atoms with Crippen molar-refractivity contribution in [2.24, 2.45) is 0 Å². The zero-order valence-corrected chi connectivity index (χ0v) is 15.8. The molecule has 0 radical (unpaired) electrons. The molecule has 9 heteroatoms. The Bertz CT molecular complexity index is 1020. The molecule has 2 aliphatic rings. The number of aromatic nitrogens is 1. The van der Waals surface area contributed by atoms with Crippen LogP contribution in [0.15, 0.2) is 29.2 Å². The zero-order chi connectivity index (χ0) is 20.7. The van der Waals surface area contributed by atoms with Crippen LogP contribution in [0.25, 0.3) is 0 Å². The highest BCUT2D eigenvalue weighted by Gasteiger charge is 2.40. The number of rotatable bonds is 4. The number of nitrogens with zero attached hydrogens (tertiary/aromatic N) is 2. The highest BCUT2D eigenvalue weighted by atomic mass is 19.1. The highest BCUT2D eigenvalue weighted by Crippen LogP contribution is 2.29. The fraction of sp³-hybridized carbons (Fsp3) is 0.400. The lowest BCUT2D eigenvalue weighted by atomic mass is 10.1. The van der Waals surface area contributed by atoms with Crippen LogP contribution in [-0.2, 0) is 24.4 Å². The van der Waals surface area contributed by atoms with Gasteiger partial charge in [0, 0.05) is 42.5 Å². The third-order valence-electron chi connectivity index (χ3n) is 5.40. The Balaban J connectivity index is 1.56. The highest BCUT2D eigenvalue weighted by molar-refractivity contribution is 5.96. The van der Waals surface area contributed by atoms with Gasteiger partial charge in [-0.3, -0.25) is 9.59 Å². The van der Waals surface area contributed by atoms with Crippen LogP contribution in [-0.4, -0.2) is 39.4 Å². The maximum Gasteiger partial charge on any atom is 0.276 e. The average molecular weight is 405 g/mol. The Kier molecular flexibility index (Phi) is 5.10. The van der Waals surface area contributed by atoms with Crippen LogP contribution < -0.4 is 10.7 Å². The maximum atomic E-state index is 13.7. The van der Waals surface area contributed by atoms with Crippen molar-refractivity contribution >= 4 is 5.91 Å². The number of hydrogen-bond acceptors (Lipinski definition) is 5. The van der Waals surface area contributed by atoms with Crippen molar-refractivity contribution in [3.63, 3.8) is 0 Å². The molecule has 2 aliphatic heterocycles. The lowest BCUT2D eigenvalue weighted by Crippen LogP contribution is -2.56. The number of nitrogens with one attached hydrogen (secondary N) is 1. The molecule has 7 nitrogen and oxygen atoms in total. The SMILES string of the molecule is CC1CCOC2Cn3cc(CNCc4ccc(F)cc4F)c(=O)c(O)c3C(=O)N12. The molecule has 4 rings (SSSR count). The summed E-state index contributed by atoms with van der Waals surface area (Å²) in [5, 5.41) is 13.3. The van der Waals surface area contributed by atoms with Crippen LogP contribution in [0.2, 0.25) is 0 Å². The number of amides is 1. The lowest BCUT2D eigenvalue weighted by Gasteiger charge is -2.44. The number of benzene rings is 1. The van der Waals surface area contributed by atoms with Gasteiger partial charge < -0.3 is 24.6 Å². The van der Waals surface area contributed by atoms with Gasteiger partial charge in [-0.05, 0) is 19.4 Å². The molecule has 0 aliphatic carbocycles. The third-order valence-corrected chi connectivity index (χ3v) is 5.40. The molecule has 154 valence electrons. The fourth-order valence-corrected chi connectivity index (χ4v) is 3.84. The van der Waals surface area contributed by atoms with E-state index < -0.39 is 34.9 Å². The van der Waals surface area contributed by atoms with Gasteiger partial charge in [0.05, 0.1) is 13.2 Å². The number of carbonyl (C=O) groups excluding carboxylic acids is 1. The van der Waals surface area contributed by atoms with Crippen molar-refractivity contribution in [2.45, 2.75) is 45.2 Å². The molecule has 1 aromatic heterocycles. The van der Waals surface area contributed by atoms with E-state index in [1.54, 1.807) is 4.90 Å². The molecule has 2 unspecified atom stereocenters. The first-order chi connectivity index (χ1) is 13.9. The van der Waals surface area contributed by atoms with Gasteiger partial charge in [-0.15, -0.1) is 0 Å². The third kappa shape index (κ3) is 3.51. The second-order valence-electron chi connectivity index (χ2n) is 7.35. The number of halogens is 2. The van der Waals surface area contributed by atoms with E-state index in [4.69, 9.17) is 4.74 Å². The number of pyridine rings is 1. The van der Waals surface area contributed by atoms with E-state index in [1.165, 1.54) is 16.8 Å². The summed E-state index contributed by atoms with van der Waals surface area (Å²) in [5.41, 5.74) is -0.208. The van der Waals surface area contributed by atoms with Crippen molar-refractivity contribution in [3.8, 4) is 5.75 Å². The van der Waals surface area contributed by atoms with E-state index in [1.807, 2.05) is 6.92 Å². The van der Waals surface area contributed by atoms with Crippen molar-refractivity contribution in [1.29, 1.82) is 0 Å². The molecule has 2 atom stereocenters. The van der Waals surface area contributed by atoms with Crippen LogP contribution in [0.4, 0.5) is 8.78 Å². The van der Waals surface area contributed by atoms with E-state index in [0.717, 1.165) is 12.1 Å². The number of fused-ring (bicyclic) bond motifs is 2. The van der Waals surface area contributed by atoms with Gasteiger partial charge in [-0.2, -0.15) is 0 Å². The van der Waals surface area contributed by atoms with Crippen LogP contribution in [0.1, 0.15) is 35.0 Å². The van der Waals surface area contributed by atoms with Gasteiger partial charge in [0.2, 0.25) is 5.43 Å². The van der Waals surface area contributed by atoms with Gasteiger partial charge in [0.25, 0.3) is 5.91 Å². The topological polar surface area (TPSA) is 83.8 Å². The van der Waals surface area contributed by atoms with E-state index in [9.17, 15) is 23.5 Å². The molecule has 1 fully saturated rings. The average Bonchev–Trinajstić information content (AvgIpc) is 2.67. The molecule has 0 bridgehead atoms. The molecular weight excluding hydrogens is 384 g/mol. The predicted octanol–water partition coefficient (Wildman–Crippen LogP) is 1.71. The minimum Gasteiger partial charge on any atom is -0.503 e. The number of aromatic hydroxyl groups is 1. The number of hydrogen-bond donors (Lipinski definition) is 2. The van der Waals surface area contributed by atoms with Crippen molar-refractivity contribution in [3.05, 3.63) is 63.1 Å². The predicted molar refractivity (Wildman–Crippen MR) is 99.3 cm³/mol. The first-order valence-corrected chi connectivity index (χ1v) is 9.41. The summed E-state index contributed by atoms with van der Waals surface area (Å²) in [7, 11) is 0. The van der Waals surface area contributed by atoms with Crippen LogP contribution in [0.5, 0.6) is 5.75 Å². The largest absolute Gasteiger partial charge is 0.503 e. The Labute approximate surface area is 165 Å². The minimum atomic E-state index is -0.684. The van der Waals surface area contributed by atoms with Crippen LogP contribution in [0, 0.1) is 11.6 Å². The van der Waals surface area contributed by atoms with Gasteiger partial charge >= 0.3 is 0 Å². The number of carbonyl (C=O) groups is 1. The molecule has 1 amide bonds. The van der Waals surface area contributed by atoms with Gasteiger partial charge in [-0.1, -0.05) is 6.07 Å². The summed E-state index contributed by atoms with van der Waals surface area (Å²) in [6, 6.07) is 3.22. The molecule has 1 saturated heterocycles. The fourth-order valence-electron chi connectivity index (χ4n) is 3.84. The first-order valence-electron chi connectivity index (χ1n) is 9.41. The quantitative estimate of drug-likeness (QED) is 0.809. The summed E-state index contributed by atoms with van der Waals surface area (Å²) in [6.45, 7) is 2.87. The Hall–Kier alpha value is -2.78. The Morgan fingerprint density at radius 3 is 2.76 bits per heavy atom. The molecule has 0 spiro atoms. The Morgan fingerprint density at radius 1 is 1.24 bits per heavy atom. The lowest BCUT2D eigenvalue weighted by molar-refractivity contribution is -0.112. The second kappa shape index (κ2) is 7.57. The second-order valence-corrected chi connectivity index (χ2v) is 7.35. The van der Waals surface area contributed by atoms with E-state index in [0.29, 0.717) is 19.6 Å². The Morgan fingerprint density at radius 2 is 2.00 bits per heavy atom. The van der Waals surface area contributed by atoms with Crippen LogP contribution >= 0.6 is 0 Å². The van der Waals surface area contributed by atoms with Crippen molar-refractivity contribution < 1.29 is 23.4 Å². The molecule has 1 aromatic carbocycles. The first kappa shape index (κ1) is 19.5. The molecule has 29 heavy (non-hydrogen) atoms. The molecule has 2 aromatic rings. The maximum absolute atomic E-state index is 13.7. The van der Waals surface area contributed by atoms with E-state index >= 15 is 0 Å². The standard InChI is InChI=1S/C20H21F2N3O4/c1-11-4-5-29-16-10-24-9-13(18(26)19(27)17(24)20(28)25(11)16)8-23-7-12-2-3-14(21)6-15(12)22/h2-3,6,9,11,16,23,27H,4-5,7-8,10H2,1H3. The summed E-state index contributed by atoms with van der Waals surface area (Å²) < 4.78 is 34.0. The van der Waals surface area contributed by atoms with E-state index in [-0.39, 0.29) is 36.0 Å². The summed E-state index contributed by atoms with van der Waals surface area (Å²) in [6.07, 6.45) is 1.76. The molecular formula is C20H21F2N3O4. The van der Waals surface area contributed by atoms with E-state index in [2.05, 4.69) is 5.32 Å². The smallest absolute Gasteiger partial charge is 0.276 e. The minimum absolute atomic E-state index is 0.0445.